The van der Waals surface area contributed by atoms with Crippen molar-refractivity contribution in [2.75, 3.05) is 12.8 Å². The topological polar surface area (TPSA) is 92.6 Å². The van der Waals surface area contributed by atoms with Crippen molar-refractivity contribution in [3.05, 3.63) is 18.2 Å². The Morgan fingerprint density at radius 3 is 3.15 bits per heavy atom. The Morgan fingerprint density at radius 1 is 1.60 bits per heavy atom. The van der Waals surface area contributed by atoms with Crippen molar-refractivity contribution < 1.29 is 4.79 Å². The first-order valence-corrected chi connectivity index (χ1v) is 7.35. The lowest BCUT2D eigenvalue weighted by molar-refractivity contribution is -0.127. The van der Waals surface area contributed by atoms with Crippen molar-refractivity contribution in [1.82, 2.24) is 35.1 Å². The van der Waals surface area contributed by atoms with E-state index >= 15 is 0 Å². The normalized spacial score (nSPS) is 14.4. The summed E-state index contributed by atoms with van der Waals surface area (Å²) in [6.07, 6.45) is 5.65. The first kappa shape index (κ1) is 13.1. The van der Waals surface area contributed by atoms with Crippen LogP contribution in [0.15, 0.2) is 17.6 Å². The van der Waals surface area contributed by atoms with Crippen LogP contribution in [0.2, 0.25) is 0 Å². The van der Waals surface area contributed by atoms with E-state index in [9.17, 15) is 4.79 Å². The molecule has 2 heterocycles. The molecule has 0 radical (unpaired) electrons. The number of imidazole rings is 1. The highest BCUT2D eigenvalue weighted by Gasteiger charge is 2.28. The Balaban J connectivity index is 1.52. The van der Waals surface area contributed by atoms with Crippen LogP contribution in [0.25, 0.3) is 0 Å². The number of thioether (sulfide) groups is 1. The van der Waals surface area contributed by atoms with Crippen LogP contribution in [0, 0.1) is 0 Å². The fourth-order valence-electron chi connectivity index (χ4n) is 1.76. The van der Waals surface area contributed by atoms with Crippen LogP contribution in [-0.4, -0.2) is 53.8 Å². The van der Waals surface area contributed by atoms with Crippen LogP contribution in [-0.2, 0) is 11.3 Å². The molecule has 3 rings (SSSR count). The minimum absolute atomic E-state index is 0.0248. The van der Waals surface area contributed by atoms with E-state index in [4.69, 9.17) is 0 Å². The number of tetrazole rings is 1. The number of amides is 1. The summed E-state index contributed by atoms with van der Waals surface area (Å²) in [6.45, 7) is 0.472. The van der Waals surface area contributed by atoms with Gasteiger partial charge in [-0.2, -0.15) is 0 Å². The highest BCUT2D eigenvalue weighted by Crippen LogP contribution is 2.36. The minimum atomic E-state index is 0.0248. The molecule has 0 unspecified atom stereocenters. The monoisotopic (exact) mass is 293 g/mol. The lowest BCUT2D eigenvalue weighted by Crippen LogP contribution is -2.28. The van der Waals surface area contributed by atoms with Gasteiger partial charge in [0.1, 0.15) is 5.82 Å². The Hall–Kier alpha value is -1.90. The average Bonchev–Trinajstić information content (AvgIpc) is 2.97. The Labute approximate surface area is 119 Å². The van der Waals surface area contributed by atoms with Crippen molar-refractivity contribution in [2.24, 2.45) is 0 Å². The highest BCUT2D eigenvalue weighted by molar-refractivity contribution is 7.99. The van der Waals surface area contributed by atoms with Gasteiger partial charge < -0.3 is 9.88 Å². The van der Waals surface area contributed by atoms with Gasteiger partial charge >= 0.3 is 0 Å². The van der Waals surface area contributed by atoms with E-state index in [-0.39, 0.29) is 5.91 Å². The van der Waals surface area contributed by atoms with E-state index < -0.39 is 0 Å². The Morgan fingerprint density at radius 2 is 2.45 bits per heavy atom. The highest BCUT2D eigenvalue weighted by atomic mass is 32.2. The van der Waals surface area contributed by atoms with E-state index in [0.717, 1.165) is 18.7 Å². The molecule has 1 amide bonds. The second-order valence-corrected chi connectivity index (χ2v) is 5.65. The minimum Gasteiger partial charge on any atom is -0.347 e. The van der Waals surface area contributed by atoms with E-state index in [1.54, 1.807) is 24.3 Å². The quantitative estimate of drug-likeness (QED) is 0.779. The summed E-state index contributed by atoms with van der Waals surface area (Å²) in [5.41, 5.74) is 0. The zero-order valence-corrected chi connectivity index (χ0v) is 11.9. The summed E-state index contributed by atoms with van der Waals surface area (Å²) in [5.74, 6) is 1.12. The maximum atomic E-state index is 12.0. The van der Waals surface area contributed by atoms with Gasteiger partial charge in [0.15, 0.2) is 0 Å². The molecule has 9 heteroatoms. The van der Waals surface area contributed by atoms with Crippen molar-refractivity contribution in [2.45, 2.75) is 30.6 Å². The second-order valence-electron chi connectivity index (χ2n) is 4.71. The molecule has 106 valence electrons. The van der Waals surface area contributed by atoms with Gasteiger partial charge in [-0.05, 0) is 23.3 Å². The van der Waals surface area contributed by atoms with E-state index in [1.807, 2.05) is 4.68 Å². The molecule has 0 atom stereocenters. The third-order valence-corrected chi connectivity index (χ3v) is 3.97. The van der Waals surface area contributed by atoms with Crippen LogP contribution in [0.4, 0.5) is 0 Å². The lowest BCUT2D eigenvalue weighted by Gasteiger charge is -2.15. The van der Waals surface area contributed by atoms with Crippen LogP contribution >= 0.6 is 11.8 Å². The van der Waals surface area contributed by atoms with Gasteiger partial charge in [-0.15, -0.1) is 5.10 Å². The molecule has 20 heavy (non-hydrogen) atoms. The summed E-state index contributed by atoms with van der Waals surface area (Å²) in [5, 5.41) is 12.3. The summed E-state index contributed by atoms with van der Waals surface area (Å²) in [4.78, 5) is 20.8. The molecule has 1 aliphatic rings. The molecule has 0 saturated heterocycles. The first-order valence-electron chi connectivity index (χ1n) is 6.37. The molecule has 1 N–H and O–H groups in total. The zero-order valence-electron chi connectivity index (χ0n) is 11.1. The number of aromatic nitrogens is 6. The fraction of sp³-hybridized carbons (Fsp3) is 0.545. The van der Waals surface area contributed by atoms with Gasteiger partial charge in [-0.25, -0.2) is 9.67 Å². The van der Waals surface area contributed by atoms with Gasteiger partial charge in [-0.1, -0.05) is 11.8 Å². The third kappa shape index (κ3) is 2.98. The van der Waals surface area contributed by atoms with Gasteiger partial charge in [0.05, 0.1) is 18.3 Å². The van der Waals surface area contributed by atoms with Gasteiger partial charge in [-0.3, -0.25) is 4.79 Å². The van der Waals surface area contributed by atoms with E-state index in [0.29, 0.717) is 23.5 Å². The molecular weight excluding hydrogens is 278 g/mol. The van der Waals surface area contributed by atoms with Crippen molar-refractivity contribution in [3.8, 4) is 0 Å². The summed E-state index contributed by atoms with van der Waals surface area (Å²) >= 11 is 1.38. The number of nitrogens with zero attached hydrogens (tertiary/aromatic N) is 6. The van der Waals surface area contributed by atoms with Crippen LogP contribution in [0.1, 0.15) is 24.7 Å². The molecular formula is C11H15N7OS. The average molecular weight is 293 g/mol. The maximum Gasteiger partial charge on any atom is 0.233 e. The Kier molecular flexibility index (Phi) is 3.68. The zero-order chi connectivity index (χ0) is 13.9. The second kappa shape index (κ2) is 5.61. The SMILES string of the molecule is CN(Cc1ncc[nH]1)C(=O)CSc1nnnn1C1CC1. The summed E-state index contributed by atoms with van der Waals surface area (Å²) in [7, 11) is 1.76. The lowest BCUT2D eigenvalue weighted by atomic mass is 10.5. The smallest absolute Gasteiger partial charge is 0.233 e. The molecule has 1 fully saturated rings. The fourth-order valence-corrected chi connectivity index (χ4v) is 2.65. The molecule has 8 nitrogen and oxygen atoms in total. The van der Waals surface area contributed by atoms with E-state index in [2.05, 4.69) is 25.5 Å². The molecule has 1 saturated carbocycles. The number of nitrogens with one attached hydrogen (secondary N) is 1. The van der Waals surface area contributed by atoms with Crippen molar-refractivity contribution >= 4 is 17.7 Å². The van der Waals surface area contributed by atoms with Crippen LogP contribution in [0.5, 0.6) is 0 Å². The Bertz CT molecular complexity index is 577. The molecule has 1 aliphatic carbocycles. The predicted octanol–water partition coefficient (Wildman–Crippen LogP) is 0.482. The van der Waals surface area contributed by atoms with Gasteiger partial charge in [0, 0.05) is 19.4 Å². The van der Waals surface area contributed by atoms with Crippen molar-refractivity contribution in [1.29, 1.82) is 0 Å². The van der Waals surface area contributed by atoms with Crippen LogP contribution < -0.4 is 0 Å². The van der Waals surface area contributed by atoms with Crippen LogP contribution in [0.3, 0.4) is 0 Å². The van der Waals surface area contributed by atoms with Gasteiger partial charge in [0.25, 0.3) is 0 Å². The number of rotatable bonds is 6. The predicted molar refractivity (Wildman–Crippen MR) is 71.9 cm³/mol. The molecule has 0 bridgehead atoms. The van der Waals surface area contributed by atoms with Crippen molar-refractivity contribution in [3.63, 3.8) is 0 Å². The number of aromatic amines is 1. The number of hydrogen-bond acceptors (Lipinski definition) is 6. The molecule has 2 aromatic heterocycles. The number of H-pyrrole nitrogens is 1. The van der Waals surface area contributed by atoms with E-state index in [1.165, 1.54) is 11.8 Å². The summed E-state index contributed by atoms with van der Waals surface area (Å²) in [6, 6.07) is 0.420. The number of hydrogen-bond donors (Lipinski definition) is 1. The number of carbonyl (C=O) groups is 1. The van der Waals surface area contributed by atoms with Gasteiger partial charge in [0.2, 0.25) is 11.1 Å². The number of carbonyl (C=O) groups excluding carboxylic acids is 1. The molecule has 0 aromatic carbocycles. The largest absolute Gasteiger partial charge is 0.347 e. The molecule has 2 aromatic rings. The molecule has 0 aliphatic heterocycles. The summed E-state index contributed by atoms with van der Waals surface area (Å²) < 4.78 is 1.81. The molecule has 0 spiro atoms. The first-order chi connectivity index (χ1) is 9.74. The standard InChI is InChI=1S/C11H15N7OS/c1-17(6-9-12-4-5-13-9)10(19)7-20-11-14-15-16-18(11)8-2-3-8/h4-5,8H,2-3,6-7H2,1H3,(H,12,13). The maximum absolute atomic E-state index is 12.0. The third-order valence-electron chi connectivity index (χ3n) is 3.05.